The standard InChI is InChI=1S/C18H25ClN2O4/c1-4-25-18(23)13-6-5-9-21(11-13)12(2)17(22)20-15-10-14(19)7-8-16(15)24-3/h7-8,10,12-13H,4-6,9,11H2,1-3H3,(H,20,22)/p+1/t12-,13+/m0/s1. The van der Waals surface area contributed by atoms with E-state index in [9.17, 15) is 9.59 Å². The van der Waals surface area contributed by atoms with Crippen molar-refractivity contribution in [3.63, 3.8) is 0 Å². The minimum atomic E-state index is -0.291. The Morgan fingerprint density at radius 1 is 1.44 bits per heavy atom. The van der Waals surface area contributed by atoms with Gasteiger partial charge in [0.15, 0.2) is 6.04 Å². The van der Waals surface area contributed by atoms with Crippen LogP contribution in [0.3, 0.4) is 0 Å². The van der Waals surface area contributed by atoms with Crippen LogP contribution >= 0.6 is 11.6 Å². The number of quaternary nitrogens is 1. The number of piperidine rings is 1. The fourth-order valence-corrected chi connectivity index (χ4v) is 3.33. The van der Waals surface area contributed by atoms with Crippen molar-refractivity contribution in [2.75, 3.05) is 32.1 Å². The number of hydrogen-bond donors (Lipinski definition) is 2. The van der Waals surface area contributed by atoms with E-state index in [-0.39, 0.29) is 23.8 Å². The van der Waals surface area contributed by atoms with Crippen molar-refractivity contribution in [2.45, 2.75) is 32.7 Å². The smallest absolute Gasteiger partial charge is 0.314 e. The zero-order valence-electron chi connectivity index (χ0n) is 14.9. The summed E-state index contributed by atoms with van der Waals surface area (Å²) in [6.45, 7) is 5.53. The van der Waals surface area contributed by atoms with Crippen LogP contribution in [-0.2, 0) is 14.3 Å². The van der Waals surface area contributed by atoms with Gasteiger partial charge >= 0.3 is 5.97 Å². The molecule has 6 nitrogen and oxygen atoms in total. The van der Waals surface area contributed by atoms with Crippen LogP contribution in [0.4, 0.5) is 5.69 Å². The summed E-state index contributed by atoms with van der Waals surface area (Å²) in [6.07, 6.45) is 1.72. The number of carbonyl (C=O) groups excluding carboxylic acids is 2. The summed E-state index contributed by atoms with van der Waals surface area (Å²) >= 11 is 6.01. The molecule has 1 aromatic rings. The van der Waals surface area contributed by atoms with E-state index in [0.717, 1.165) is 24.3 Å². The zero-order valence-corrected chi connectivity index (χ0v) is 15.7. The Kier molecular flexibility index (Phi) is 7.08. The van der Waals surface area contributed by atoms with Gasteiger partial charge in [0.25, 0.3) is 5.91 Å². The van der Waals surface area contributed by atoms with E-state index in [1.165, 1.54) is 0 Å². The van der Waals surface area contributed by atoms with E-state index >= 15 is 0 Å². The van der Waals surface area contributed by atoms with Crippen LogP contribution in [0.1, 0.15) is 26.7 Å². The second kappa shape index (κ2) is 9.06. The highest BCUT2D eigenvalue weighted by molar-refractivity contribution is 6.31. The number of esters is 1. The number of carbonyl (C=O) groups is 2. The largest absolute Gasteiger partial charge is 0.495 e. The number of anilines is 1. The maximum absolute atomic E-state index is 12.6. The highest BCUT2D eigenvalue weighted by atomic mass is 35.5. The van der Waals surface area contributed by atoms with Gasteiger partial charge in [0.2, 0.25) is 0 Å². The molecule has 1 aliphatic rings. The van der Waals surface area contributed by atoms with E-state index in [2.05, 4.69) is 5.32 Å². The first-order valence-corrected chi connectivity index (χ1v) is 8.99. The first-order chi connectivity index (χ1) is 12.0. The number of amides is 1. The third kappa shape index (κ3) is 5.09. The highest BCUT2D eigenvalue weighted by Crippen LogP contribution is 2.27. The van der Waals surface area contributed by atoms with Crippen LogP contribution in [0.25, 0.3) is 0 Å². The van der Waals surface area contributed by atoms with E-state index < -0.39 is 0 Å². The van der Waals surface area contributed by atoms with Gasteiger partial charge in [0.05, 0.1) is 32.5 Å². The van der Waals surface area contributed by atoms with Crippen molar-refractivity contribution in [1.82, 2.24) is 0 Å². The highest BCUT2D eigenvalue weighted by Gasteiger charge is 2.35. The normalized spacial score (nSPS) is 21.3. The number of benzene rings is 1. The third-order valence-electron chi connectivity index (χ3n) is 4.60. The number of nitrogens with one attached hydrogen (secondary N) is 2. The lowest BCUT2D eigenvalue weighted by atomic mass is 9.97. The third-order valence-corrected chi connectivity index (χ3v) is 4.84. The summed E-state index contributed by atoms with van der Waals surface area (Å²) in [6, 6.07) is 4.80. The number of halogens is 1. The van der Waals surface area contributed by atoms with Crippen LogP contribution in [0, 0.1) is 5.92 Å². The summed E-state index contributed by atoms with van der Waals surface area (Å²) < 4.78 is 10.4. The molecule has 1 saturated heterocycles. The maximum atomic E-state index is 12.6. The lowest BCUT2D eigenvalue weighted by Crippen LogP contribution is -3.18. The number of methoxy groups -OCH3 is 1. The molecule has 0 aromatic heterocycles. The average Bonchev–Trinajstić information content (AvgIpc) is 2.61. The molecule has 2 N–H and O–H groups in total. The van der Waals surface area contributed by atoms with Crippen molar-refractivity contribution in [3.05, 3.63) is 23.2 Å². The molecule has 1 aliphatic heterocycles. The molecule has 1 fully saturated rings. The van der Waals surface area contributed by atoms with Gasteiger partial charge in [-0.05, 0) is 44.9 Å². The molecule has 2 rings (SSSR count). The Bertz CT molecular complexity index is 623. The molecule has 0 spiro atoms. The van der Waals surface area contributed by atoms with Crippen LogP contribution in [-0.4, -0.2) is 44.7 Å². The van der Waals surface area contributed by atoms with Crippen LogP contribution in [0.15, 0.2) is 18.2 Å². The van der Waals surface area contributed by atoms with Crippen molar-refractivity contribution < 1.29 is 24.0 Å². The first-order valence-electron chi connectivity index (χ1n) is 8.61. The summed E-state index contributed by atoms with van der Waals surface area (Å²) in [4.78, 5) is 25.7. The molecule has 25 heavy (non-hydrogen) atoms. The number of ether oxygens (including phenoxy) is 2. The summed E-state index contributed by atoms with van der Waals surface area (Å²) in [5, 5.41) is 3.41. The Labute approximate surface area is 153 Å². The Morgan fingerprint density at radius 2 is 2.20 bits per heavy atom. The quantitative estimate of drug-likeness (QED) is 0.746. The summed E-state index contributed by atoms with van der Waals surface area (Å²) in [5.74, 6) is 0.131. The minimum Gasteiger partial charge on any atom is -0.495 e. The fraction of sp³-hybridized carbons (Fsp3) is 0.556. The average molecular weight is 370 g/mol. The van der Waals surface area contributed by atoms with Crippen molar-refractivity contribution in [2.24, 2.45) is 5.92 Å². The van der Waals surface area contributed by atoms with Crippen molar-refractivity contribution in [3.8, 4) is 5.75 Å². The van der Waals surface area contributed by atoms with Crippen LogP contribution in [0.2, 0.25) is 5.02 Å². The maximum Gasteiger partial charge on any atom is 0.314 e. The molecule has 0 bridgehead atoms. The van der Waals surface area contributed by atoms with Crippen molar-refractivity contribution in [1.29, 1.82) is 0 Å². The second-order valence-corrected chi connectivity index (χ2v) is 6.70. The summed E-state index contributed by atoms with van der Waals surface area (Å²) in [5.41, 5.74) is 0.546. The minimum absolute atomic E-state index is 0.125. The SMILES string of the molecule is CCOC(=O)[C@@H]1CCC[NH+]([C@@H](C)C(=O)Nc2cc(Cl)ccc2OC)C1. The van der Waals surface area contributed by atoms with Gasteiger partial charge < -0.3 is 19.7 Å². The predicted molar refractivity (Wildman–Crippen MR) is 96.1 cm³/mol. The Morgan fingerprint density at radius 3 is 2.88 bits per heavy atom. The zero-order chi connectivity index (χ0) is 18.4. The molecule has 7 heteroatoms. The van der Waals surface area contributed by atoms with Gasteiger partial charge in [-0.25, -0.2) is 0 Å². The van der Waals surface area contributed by atoms with Crippen LogP contribution in [0.5, 0.6) is 5.75 Å². The van der Waals surface area contributed by atoms with Gasteiger partial charge in [-0.2, -0.15) is 0 Å². The van der Waals surface area contributed by atoms with Crippen LogP contribution < -0.4 is 15.0 Å². The topological polar surface area (TPSA) is 69.1 Å². The van der Waals surface area contributed by atoms with E-state index in [1.54, 1.807) is 32.2 Å². The van der Waals surface area contributed by atoms with Gasteiger partial charge in [-0.1, -0.05) is 11.6 Å². The molecular formula is C18H26ClN2O4+. The lowest BCUT2D eigenvalue weighted by molar-refractivity contribution is -0.921. The summed E-state index contributed by atoms with van der Waals surface area (Å²) in [7, 11) is 1.54. The number of rotatable bonds is 6. The first kappa shape index (κ1) is 19.5. The number of likely N-dealkylation sites (tertiary alicyclic amines) is 1. The van der Waals surface area contributed by atoms with E-state index in [1.807, 2.05) is 6.92 Å². The fourth-order valence-electron chi connectivity index (χ4n) is 3.15. The lowest BCUT2D eigenvalue weighted by Gasteiger charge is -2.32. The van der Waals surface area contributed by atoms with Gasteiger partial charge in [0, 0.05) is 5.02 Å². The molecule has 1 heterocycles. The molecule has 0 saturated carbocycles. The monoisotopic (exact) mass is 369 g/mol. The molecular weight excluding hydrogens is 344 g/mol. The van der Waals surface area contributed by atoms with E-state index in [0.29, 0.717) is 29.6 Å². The number of hydrogen-bond acceptors (Lipinski definition) is 4. The van der Waals surface area contributed by atoms with Gasteiger partial charge in [0.1, 0.15) is 11.7 Å². The molecule has 1 unspecified atom stereocenters. The molecule has 3 atom stereocenters. The van der Waals surface area contributed by atoms with Crippen molar-refractivity contribution >= 4 is 29.2 Å². The predicted octanol–water partition coefficient (Wildman–Crippen LogP) is 1.53. The van der Waals surface area contributed by atoms with Gasteiger partial charge in [-0.15, -0.1) is 0 Å². The molecule has 0 radical (unpaired) electrons. The molecule has 138 valence electrons. The molecule has 0 aliphatic carbocycles. The van der Waals surface area contributed by atoms with E-state index in [4.69, 9.17) is 21.1 Å². The Balaban J connectivity index is 2.02. The van der Waals surface area contributed by atoms with Gasteiger partial charge in [-0.3, -0.25) is 9.59 Å². The molecule has 1 aromatic carbocycles. The second-order valence-electron chi connectivity index (χ2n) is 6.26. The molecule has 1 amide bonds. The Hall–Kier alpha value is -1.79.